The normalized spacial score (nSPS) is 11.3. The number of hydrogen-bond acceptors (Lipinski definition) is 3. The van der Waals surface area contributed by atoms with E-state index in [2.05, 4.69) is 65.8 Å². The van der Waals surface area contributed by atoms with E-state index < -0.39 is 0 Å². The Bertz CT molecular complexity index is 648. The third-order valence-corrected chi connectivity index (χ3v) is 4.22. The van der Waals surface area contributed by atoms with Crippen LogP contribution in [0.3, 0.4) is 0 Å². The minimum atomic E-state index is 0. The number of nitrogens with one attached hydrogen (secondary N) is 2. The summed E-state index contributed by atoms with van der Waals surface area (Å²) < 4.78 is 5.42. The predicted molar refractivity (Wildman–Crippen MR) is 113 cm³/mol. The maximum Gasteiger partial charge on any atom is 0.191 e. The van der Waals surface area contributed by atoms with E-state index in [0.29, 0.717) is 12.5 Å². The summed E-state index contributed by atoms with van der Waals surface area (Å²) in [4.78, 5) is 4.24. The maximum atomic E-state index is 5.42. The van der Waals surface area contributed by atoms with E-state index in [-0.39, 0.29) is 24.0 Å². The molecular weight excluding hydrogens is 427 g/mol. The van der Waals surface area contributed by atoms with E-state index in [1.165, 1.54) is 11.1 Å². The van der Waals surface area contributed by atoms with Crippen molar-refractivity contribution in [2.45, 2.75) is 52.6 Å². The molecular formula is C19H29IN4O. The molecule has 0 saturated heterocycles. The molecule has 5 nitrogen and oxygen atoms in total. The second-order valence-electron chi connectivity index (χ2n) is 6.00. The lowest BCUT2D eigenvalue weighted by Gasteiger charge is -2.11. The van der Waals surface area contributed by atoms with Gasteiger partial charge >= 0.3 is 0 Å². The maximum absolute atomic E-state index is 5.42. The fraction of sp³-hybridized carbons (Fsp3) is 0.474. The zero-order valence-corrected chi connectivity index (χ0v) is 17.8. The number of nitrogens with zero attached hydrogens (tertiary/aromatic N) is 2. The Morgan fingerprint density at radius 1 is 1.12 bits per heavy atom. The third-order valence-electron chi connectivity index (χ3n) is 4.22. The van der Waals surface area contributed by atoms with E-state index in [1.54, 1.807) is 7.05 Å². The summed E-state index contributed by atoms with van der Waals surface area (Å²) in [6, 6.07) is 10.5. The minimum Gasteiger partial charge on any atom is -0.359 e. The molecule has 1 aromatic carbocycles. The van der Waals surface area contributed by atoms with Crippen molar-refractivity contribution < 1.29 is 4.52 Å². The van der Waals surface area contributed by atoms with Crippen molar-refractivity contribution in [3.63, 3.8) is 0 Å². The van der Waals surface area contributed by atoms with Crippen molar-refractivity contribution in [1.29, 1.82) is 0 Å². The lowest BCUT2D eigenvalue weighted by Crippen LogP contribution is -2.36. The molecule has 6 heteroatoms. The van der Waals surface area contributed by atoms with Gasteiger partial charge in [-0.15, -0.1) is 24.0 Å². The van der Waals surface area contributed by atoms with Crippen LogP contribution in [0, 0.1) is 6.92 Å². The van der Waals surface area contributed by atoms with Gasteiger partial charge in [-0.3, -0.25) is 4.99 Å². The number of halogens is 1. The average Bonchev–Trinajstić information content (AvgIpc) is 3.06. The highest BCUT2D eigenvalue weighted by Crippen LogP contribution is 2.22. The largest absolute Gasteiger partial charge is 0.359 e. The van der Waals surface area contributed by atoms with Crippen LogP contribution in [0.25, 0.3) is 0 Å². The molecule has 0 fully saturated rings. The first-order chi connectivity index (χ1) is 11.7. The number of rotatable bonds is 7. The van der Waals surface area contributed by atoms with Crippen molar-refractivity contribution in [3.05, 3.63) is 52.9 Å². The van der Waals surface area contributed by atoms with Gasteiger partial charge in [-0.1, -0.05) is 48.8 Å². The molecule has 0 aliphatic carbocycles. The minimum absolute atomic E-state index is 0. The van der Waals surface area contributed by atoms with Gasteiger partial charge in [-0.25, -0.2) is 0 Å². The van der Waals surface area contributed by atoms with Crippen LogP contribution in [0.5, 0.6) is 0 Å². The number of guanidine groups is 1. The smallest absolute Gasteiger partial charge is 0.191 e. The molecule has 138 valence electrons. The van der Waals surface area contributed by atoms with Crippen LogP contribution < -0.4 is 10.6 Å². The molecule has 1 aromatic heterocycles. The first-order valence-corrected chi connectivity index (χ1v) is 8.61. The van der Waals surface area contributed by atoms with Crippen LogP contribution in [-0.2, 0) is 13.1 Å². The van der Waals surface area contributed by atoms with E-state index in [9.17, 15) is 0 Å². The van der Waals surface area contributed by atoms with Crippen molar-refractivity contribution in [2.24, 2.45) is 4.99 Å². The predicted octanol–water partition coefficient (Wildman–Crippen LogP) is 4.37. The summed E-state index contributed by atoms with van der Waals surface area (Å²) in [5, 5.41) is 10.8. The fourth-order valence-corrected chi connectivity index (χ4v) is 2.59. The summed E-state index contributed by atoms with van der Waals surface area (Å²) in [5.74, 6) is 2.05. The van der Waals surface area contributed by atoms with Gasteiger partial charge in [0.2, 0.25) is 0 Å². The third kappa shape index (κ3) is 6.68. The standard InChI is InChI=1S/C19H28N4O.HI/c1-5-16(6-2)18-11-17(24-23-18)13-22-19(20-4)21-12-15-9-7-14(3)8-10-15;/h7-11,16H,5-6,12-13H2,1-4H3,(H2,20,21,22);1H. The van der Waals surface area contributed by atoms with Gasteiger partial charge in [0.05, 0.1) is 12.2 Å². The Morgan fingerprint density at radius 2 is 1.76 bits per heavy atom. The van der Waals surface area contributed by atoms with Crippen LogP contribution in [0.4, 0.5) is 0 Å². The van der Waals surface area contributed by atoms with Crippen molar-refractivity contribution in [1.82, 2.24) is 15.8 Å². The lowest BCUT2D eigenvalue weighted by molar-refractivity contribution is 0.368. The highest BCUT2D eigenvalue weighted by molar-refractivity contribution is 14.0. The van der Waals surface area contributed by atoms with E-state index in [1.807, 2.05) is 6.07 Å². The molecule has 0 saturated carbocycles. The summed E-state index contributed by atoms with van der Waals surface area (Å²) in [6.45, 7) is 7.75. The summed E-state index contributed by atoms with van der Waals surface area (Å²) in [5.41, 5.74) is 3.53. The van der Waals surface area contributed by atoms with Crippen LogP contribution in [-0.4, -0.2) is 18.2 Å². The first kappa shape index (κ1) is 21.5. The molecule has 0 radical (unpaired) electrons. The van der Waals surface area contributed by atoms with Crippen LogP contribution in [0.1, 0.15) is 55.2 Å². The van der Waals surface area contributed by atoms with E-state index >= 15 is 0 Å². The molecule has 0 spiro atoms. The molecule has 2 rings (SSSR count). The van der Waals surface area contributed by atoms with Gasteiger partial charge in [0.15, 0.2) is 11.7 Å². The molecule has 1 heterocycles. The van der Waals surface area contributed by atoms with Gasteiger partial charge < -0.3 is 15.2 Å². The topological polar surface area (TPSA) is 62.5 Å². The lowest BCUT2D eigenvalue weighted by atomic mass is 9.99. The van der Waals surface area contributed by atoms with Gasteiger partial charge in [-0.05, 0) is 25.3 Å². The van der Waals surface area contributed by atoms with Gasteiger partial charge in [-0.2, -0.15) is 0 Å². The molecule has 0 aliphatic rings. The number of hydrogen-bond donors (Lipinski definition) is 2. The average molecular weight is 456 g/mol. The molecule has 25 heavy (non-hydrogen) atoms. The Morgan fingerprint density at radius 3 is 2.36 bits per heavy atom. The second kappa shape index (κ2) is 11.1. The Kier molecular flexibility index (Phi) is 9.55. The van der Waals surface area contributed by atoms with Crippen molar-refractivity contribution in [3.8, 4) is 0 Å². The first-order valence-electron chi connectivity index (χ1n) is 8.61. The molecule has 0 unspecified atom stereocenters. The van der Waals surface area contributed by atoms with Crippen LogP contribution in [0.15, 0.2) is 39.8 Å². The molecule has 2 aromatic rings. The summed E-state index contributed by atoms with van der Waals surface area (Å²) in [6.07, 6.45) is 2.16. The van der Waals surface area contributed by atoms with Gasteiger partial charge in [0.1, 0.15) is 0 Å². The van der Waals surface area contributed by atoms with E-state index in [4.69, 9.17) is 4.52 Å². The van der Waals surface area contributed by atoms with Crippen LogP contribution in [0.2, 0.25) is 0 Å². The van der Waals surface area contributed by atoms with Gasteiger partial charge in [0, 0.05) is 25.6 Å². The SMILES string of the molecule is CCC(CC)c1cc(CNC(=NC)NCc2ccc(C)cc2)on1.I. The highest BCUT2D eigenvalue weighted by Gasteiger charge is 2.13. The number of aromatic nitrogens is 1. The molecule has 0 atom stereocenters. The second-order valence-corrected chi connectivity index (χ2v) is 6.00. The molecule has 2 N–H and O–H groups in total. The van der Waals surface area contributed by atoms with E-state index in [0.717, 1.165) is 36.8 Å². The molecule has 0 amide bonds. The monoisotopic (exact) mass is 456 g/mol. The van der Waals surface area contributed by atoms with Crippen molar-refractivity contribution >= 4 is 29.9 Å². The number of aryl methyl sites for hydroxylation is 1. The summed E-state index contributed by atoms with van der Waals surface area (Å²) in [7, 11) is 1.76. The van der Waals surface area contributed by atoms with Gasteiger partial charge in [0.25, 0.3) is 0 Å². The number of aliphatic imine (C=N–C) groups is 1. The highest BCUT2D eigenvalue weighted by atomic mass is 127. The quantitative estimate of drug-likeness (QED) is 0.369. The Hall–Kier alpha value is -1.57. The number of benzene rings is 1. The fourth-order valence-electron chi connectivity index (χ4n) is 2.59. The Balaban J connectivity index is 0.00000312. The van der Waals surface area contributed by atoms with Crippen molar-refractivity contribution in [2.75, 3.05) is 7.05 Å². The zero-order chi connectivity index (χ0) is 17.4. The molecule has 0 bridgehead atoms. The Labute approximate surface area is 167 Å². The van der Waals surface area contributed by atoms with Crippen LogP contribution >= 0.6 is 24.0 Å². The summed E-state index contributed by atoms with van der Waals surface area (Å²) >= 11 is 0. The zero-order valence-electron chi connectivity index (χ0n) is 15.5. The molecule has 0 aliphatic heterocycles.